The minimum absolute atomic E-state index is 0.264. The van der Waals surface area contributed by atoms with E-state index in [-0.39, 0.29) is 5.69 Å². The lowest BCUT2D eigenvalue weighted by atomic mass is 10.1. The molecule has 1 aliphatic heterocycles. The molecule has 1 heterocycles. The predicted octanol–water partition coefficient (Wildman–Crippen LogP) is 2.17. The predicted molar refractivity (Wildman–Crippen MR) is 96.8 cm³/mol. The molecule has 4 amide bonds. The van der Waals surface area contributed by atoms with Crippen molar-refractivity contribution in [3.63, 3.8) is 0 Å². The summed E-state index contributed by atoms with van der Waals surface area (Å²) in [7, 11) is 1.46. The number of urea groups is 1. The fourth-order valence-corrected chi connectivity index (χ4v) is 2.55. The summed E-state index contributed by atoms with van der Waals surface area (Å²) >= 11 is 0. The van der Waals surface area contributed by atoms with Crippen molar-refractivity contribution in [2.24, 2.45) is 10.9 Å². The van der Waals surface area contributed by atoms with Crippen molar-refractivity contribution in [1.82, 2.24) is 5.32 Å². The number of para-hydroxylation sites is 1. The smallest absolute Gasteiger partial charge is 0.335 e. The molecule has 134 valence electrons. The number of anilines is 1. The average Bonchev–Trinajstić information content (AvgIpc) is 2.68. The van der Waals surface area contributed by atoms with Gasteiger partial charge in [0.25, 0.3) is 5.91 Å². The van der Waals surface area contributed by atoms with Crippen LogP contribution in [0.25, 0.3) is 0 Å². The maximum atomic E-state index is 12.8. The van der Waals surface area contributed by atoms with E-state index < -0.39 is 23.8 Å². The van der Waals surface area contributed by atoms with Gasteiger partial charge in [-0.3, -0.25) is 19.9 Å². The number of imide groups is 2. The lowest BCUT2D eigenvalue weighted by Crippen LogP contribution is -2.58. The van der Waals surface area contributed by atoms with Crippen LogP contribution in [0.3, 0.4) is 0 Å². The van der Waals surface area contributed by atoms with Crippen LogP contribution in [0.1, 0.15) is 5.56 Å². The summed E-state index contributed by atoms with van der Waals surface area (Å²) in [6, 6.07) is 14.0. The molecule has 0 aliphatic carbocycles. The van der Waals surface area contributed by atoms with E-state index in [4.69, 9.17) is 10.00 Å². The highest BCUT2D eigenvalue weighted by atomic mass is 16.5. The number of carbonyl (C=O) groups excluding carboxylic acids is 3. The molecule has 0 saturated carbocycles. The van der Waals surface area contributed by atoms with Crippen LogP contribution in [0.15, 0.2) is 53.5 Å². The Morgan fingerprint density at radius 2 is 1.96 bits per heavy atom. The van der Waals surface area contributed by atoms with E-state index in [1.54, 1.807) is 42.5 Å². The second kappa shape index (κ2) is 7.49. The molecule has 1 atom stereocenters. The number of ether oxygens (including phenoxy) is 1. The zero-order valence-corrected chi connectivity index (χ0v) is 14.2. The molecule has 0 spiro atoms. The first-order valence-corrected chi connectivity index (χ1v) is 7.91. The summed E-state index contributed by atoms with van der Waals surface area (Å²) in [5.41, 5.74) is 0.892. The molecule has 2 aromatic rings. The molecule has 8 nitrogen and oxygen atoms in total. The normalized spacial score (nSPS) is 17.0. The van der Waals surface area contributed by atoms with Crippen molar-refractivity contribution in [1.29, 1.82) is 5.26 Å². The zero-order valence-electron chi connectivity index (χ0n) is 14.2. The third-order valence-corrected chi connectivity index (χ3v) is 3.90. The van der Waals surface area contributed by atoms with Gasteiger partial charge in [0.05, 0.1) is 24.0 Å². The van der Waals surface area contributed by atoms with Gasteiger partial charge in [0.2, 0.25) is 5.91 Å². The number of benzene rings is 2. The molecule has 27 heavy (non-hydrogen) atoms. The number of carbonyl (C=O) groups is 3. The summed E-state index contributed by atoms with van der Waals surface area (Å²) in [6.45, 7) is 0. The Bertz CT molecular complexity index is 993. The molecule has 0 bridgehead atoms. The summed E-state index contributed by atoms with van der Waals surface area (Å²) in [4.78, 5) is 42.0. The lowest BCUT2D eigenvalue weighted by Gasteiger charge is -2.28. The van der Waals surface area contributed by atoms with Crippen LogP contribution in [-0.4, -0.2) is 31.2 Å². The summed E-state index contributed by atoms with van der Waals surface area (Å²) in [5, 5.41) is 11.2. The molecule has 3 rings (SSSR count). The van der Waals surface area contributed by atoms with Gasteiger partial charge < -0.3 is 4.74 Å². The van der Waals surface area contributed by atoms with E-state index in [9.17, 15) is 14.4 Å². The first-order chi connectivity index (χ1) is 13.0. The van der Waals surface area contributed by atoms with Crippen LogP contribution in [0.4, 0.5) is 16.2 Å². The molecule has 8 heteroatoms. The van der Waals surface area contributed by atoms with Gasteiger partial charge in [-0.1, -0.05) is 18.2 Å². The lowest BCUT2D eigenvalue weighted by molar-refractivity contribution is -0.131. The Labute approximate surface area is 154 Å². The highest BCUT2D eigenvalue weighted by Crippen LogP contribution is 2.25. The number of nitrogens with zero attached hydrogens (tertiary/aromatic N) is 3. The number of rotatable bonds is 4. The number of aliphatic imine (C=N–C) groups is 1. The Kier molecular flexibility index (Phi) is 4.95. The van der Waals surface area contributed by atoms with Gasteiger partial charge in [0.1, 0.15) is 11.8 Å². The maximum Gasteiger partial charge on any atom is 0.335 e. The number of nitrogens with one attached hydrogen (secondary N) is 1. The van der Waals surface area contributed by atoms with Gasteiger partial charge in [0.15, 0.2) is 5.92 Å². The van der Waals surface area contributed by atoms with Crippen molar-refractivity contribution < 1.29 is 19.1 Å². The molecular weight excluding hydrogens is 348 g/mol. The van der Waals surface area contributed by atoms with E-state index in [0.717, 1.165) is 11.1 Å². The Morgan fingerprint density at radius 1 is 1.19 bits per heavy atom. The van der Waals surface area contributed by atoms with Crippen LogP contribution in [0.5, 0.6) is 5.75 Å². The first kappa shape index (κ1) is 17.8. The van der Waals surface area contributed by atoms with Crippen molar-refractivity contribution in [3.05, 3.63) is 54.1 Å². The molecule has 1 saturated heterocycles. The number of nitriles is 1. The molecule has 1 N–H and O–H groups in total. The Balaban J connectivity index is 1.93. The summed E-state index contributed by atoms with van der Waals surface area (Å²) < 4.78 is 5.10. The minimum atomic E-state index is -1.30. The SMILES string of the molecule is COc1cccc(N2C(=O)NC(=O)[C@@H](C=Nc3ccccc3C#N)C2=O)c1. The molecule has 0 radical (unpaired) electrons. The van der Waals surface area contributed by atoms with Gasteiger partial charge >= 0.3 is 6.03 Å². The molecule has 1 aliphatic rings. The highest BCUT2D eigenvalue weighted by molar-refractivity contribution is 6.32. The second-order valence-corrected chi connectivity index (χ2v) is 5.55. The summed E-state index contributed by atoms with van der Waals surface area (Å²) in [6.07, 6.45) is 1.13. The van der Waals surface area contributed by atoms with Gasteiger partial charge in [-0.25, -0.2) is 9.69 Å². The molecule has 0 aromatic heterocycles. The second-order valence-electron chi connectivity index (χ2n) is 5.55. The fourth-order valence-electron chi connectivity index (χ4n) is 2.55. The largest absolute Gasteiger partial charge is 0.497 e. The van der Waals surface area contributed by atoms with Crippen LogP contribution in [0.2, 0.25) is 0 Å². The van der Waals surface area contributed by atoms with Gasteiger partial charge in [-0.2, -0.15) is 5.26 Å². The quantitative estimate of drug-likeness (QED) is 0.662. The van der Waals surface area contributed by atoms with Crippen LogP contribution >= 0.6 is 0 Å². The topological polar surface area (TPSA) is 112 Å². The number of amides is 4. The van der Waals surface area contributed by atoms with Crippen molar-refractivity contribution in [2.45, 2.75) is 0 Å². The number of methoxy groups -OCH3 is 1. The average molecular weight is 362 g/mol. The standard InChI is InChI=1S/C19H14N4O4/c1-27-14-7-4-6-13(9-14)23-18(25)15(17(24)22-19(23)26)11-21-16-8-3-2-5-12(16)10-20/h2-9,11,15H,1H3,(H,22,24,26)/t15-/m1/s1. The van der Waals surface area contributed by atoms with E-state index in [0.29, 0.717) is 17.0 Å². The van der Waals surface area contributed by atoms with E-state index in [2.05, 4.69) is 10.3 Å². The van der Waals surface area contributed by atoms with E-state index in [1.807, 2.05) is 6.07 Å². The van der Waals surface area contributed by atoms with Crippen LogP contribution in [0, 0.1) is 17.2 Å². The van der Waals surface area contributed by atoms with E-state index in [1.165, 1.54) is 13.2 Å². The highest BCUT2D eigenvalue weighted by Gasteiger charge is 2.40. The number of hydrogen-bond acceptors (Lipinski definition) is 6. The van der Waals surface area contributed by atoms with Gasteiger partial charge in [0, 0.05) is 12.3 Å². The molecule has 1 fully saturated rings. The monoisotopic (exact) mass is 362 g/mol. The Hall–Kier alpha value is -3.99. The fraction of sp³-hybridized carbons (Fsp3) is 0.105. The maximum absolute atomic E-state index is 12.8. The van der Waals surface area contributed by atoms with Crippen molar-refractivity contribution in [3.8, 4) is 11.8 Å². The Morgan fingerprint density at radius 3 is 2.70 bits per heavy atom. The third-order valence-electron chi connectivity index (χ3n) is 3.90. The molecule has 0 unspecified atom stereocenters. The number of barbiturate groups is 1. The van der Waals surface area contributed by atoms with Crippen LogP contribution in [-0.2, 0) is 9.59 Å². The van der Waals surface area contributed by atoms with Crippen molar-refractivity contribution in [2.75, 3.05) is 12.0 Å². The zero-order chi connectivity index (χ0) is 19.4. The summed E-state index contributed by atoms with van der Waals surface area (Å²) in [5.74, 6) is -2.36. The number of hydrogen-bond donors (Lipinski definition) is 1. The first-order valence-electron chi connectivity index (χ1n) is 7.91. The van der Waals surface area contributed by atoms with Crippen molar-refractivity contribution >= 4 is 35.4 Å². The van der Waals surface area contributed by atoms with Crippen LogP contribution < -0.4 is 15.0 Å². The third kappa shape index (κ3) is 3.52. The molecular formula is C19H14N4O4. The van der Waals surface area contributed by atoms with Gasteiger partial charge in [-0.05, 0) is 24.3 Å². The van der Waals surface area contributed by atoms with E-state index >= 15 is 0 Å². The molecule has 2 aromatic carbocycles. The van der Waals surface area contributed by atoms with Gasteiger partial charge in [-0.15, -0.1) is 0 Å². The minimum Gasteiger partial charge on any atom is -0.497 e.